The number of hydrogen-bond donors (Lipinski definition) is 0. The second-order valence-corrected chi connectivity index (χ2v) is 10.1. The molecule has 1 atom stereocenters. The van der Waals surface area contributed by atoms with E-state index in [-0.39, 0.29) is 10.8 Å². The molecule has 23 heavy (non-hydrogen) atoms. The van der Waals surface area contributed by atoms with Crippen molar-refractivity contribution in [1.82, 2.24) is 4.90 Å². The highest BCUT2D eigenvalue weighted by Crippen LogP contribution is 2.21. The largest absolute Gasteiger partial charge is 0.591 e. The monoisotopic (exact) mass is 344 g/mol. The summed E-state index contributed by atoms with van der Waals surface area (Å²) in [7, 11) is 0. The van der Waals surface area contributed by atoms with E-state index in [1.807, 2.05) is 47.8 Å². The van der Waals surface area contributed by atoms with E-state index in [0.29, 0.717) is 19.0 Å². The molecule has 1 saturated heterocycles. The van der Waals surface area contributed by atoms with Gasteiger partial charge in [-0.3, -0.25) is 0 Å². The van der Waals surface area contributed by atoms with Gasteiger partial charge in [-0.25, -0.2) is 4.79 Å². The third kappa shape index (κ3) is 8.06. The van der Waals surface area contributed by atoms with Crippen LogP contribution in [0.5, 0.6) is 0 Å². The van der Waals surface area contributed by atoms with Gasteiger partial charge in [0.1, 0.15) is 21.7 Å². The average Bonchev–Trinajstić information content (AvgIpc) is 2.33. The van der Waals surface area contributed by atoms with E-state index in [0.717, 1.165) is 25.7 Å². The van der Waals surface area contributed by atoms with E-state index in [9.17, 15) is 9.35 Å². The first-order valence-corrected chi connectivity index (χ1v) is 9.54. The van der Waals surface area contributed by atoms with Gasteiger partial charge in [0.25, 0.3) is 0 Å². The number of carbonyl (C=O) groups is 1. The zero-order valence-corrected chi connectivity index (χ0v) is 16.2. The first-order chi connectivity index (χ1) is 10.5. The number of likely N-dealkylation sites (tertiary alicyclic amines) is 1. The van der Waals surface area contributed by atoms with Crippen molar-refractivity contribution in [2.24, 2.45) is 10.3 Å². The van der Waals surface area contributed by atoms with Crippen molar-refractivity contribution in [3.05, 3.63) is 0 Å². The summed E-state index contributed by atoms with van der Waals surface area (Å²) in [6.45, 7) is 12.9. The number of hydrogen-bond acceptors (Lipinski definition) is 4. The standard InChI is InChI=1S/C17H32N2O3S/c1-16(2,3)22-15(20)19-11-7-9-14(10-8-12-19)13-18-23(21)17(4,5)6/h13-14H,7-12H2,1-6H3. The SMILES string of the molecule is CC(C)(C)OC(=O)N1CCCC(C=N[S+]([O-])C(C)(C)C)CCC1. The van der Waals surface area contributed by atoms with E-state index in [1.54, 1.807) is 4.90 Å². The minimum Gasteiger partial charge on any atom is -0.591 e. The highest BCUT2D eigenvalue weighted by atomic mass is 32.2. The van der Waals surface area contributed by atoms with Crippen molar-refractivity contribution in [2.75, 3.05) is 13.1 Å². The zero-order chi connectivity index (χ0) is 17.7. The molecule has 0 aromatic heterocycles. The molecule has 1 rings (SSSR count). The Kier molecular flexibility index (Phi) is 7.39. The van der Waals surface area contributed by atoms with E-state index in [2.05, 4.69) is 4.40 Å². The average molecular weight is 345 g/mol. The second kappa shape index (κ2) is 8.38. The molecule has 0 aromatic carbocycles. The Bertz CT molecular complexity index is 403. The van der Waals surface area contributed by atoms with Gasteiger partial charge in [-0.15, -0.1) is 0 Å². The van der Waals surface area contributed by atoms with E-state index >= 15 is 0 Å². The van der Waals surface area contributed by atoms with Crippen LogP contribution in [0.4, 0.5) is 4.79 Å². The van der Waals surface area contributed by atoms with Crippen LogP contribution in [0.1, 0.15) is 67.2 Å². The van der Waals surface area contributed by atoms with Gasteiger partial charge in [0.05, 0.1) is 6.21 Å². The molecule has 0 saturated carbocycles. The Balaban J connectivity index is 2.48. The lowest BCUT2D eigenvalue weighted by molar-refractivity contribution is 0.0233. The molecule has 0 bridgehead atoms. The molecule has 0 radical (unpaired) electrons. The third-order valence-electron chi connectivity index (χ3n) is 3.55. The fraction of sp³-hybridized carbons (Fsp3) is 0.882. The molecule has 0 aliphatic carbocycles. The molecule has 0 spiro atoms. The summed E-state index contributed by atoms with van der Waals surface area (Å²) in [5.41, 5.74) is -0.453. The maximum Gasteiger partial charge on any atom is 0.410 e. The van der Waals surface area contributed by atoms with Crippen LogP contribution in [-0.2, 0) is 16.1 Å². The van der Waals surface area contributed by atoms with Gasteiger partial charge >= 0.3 is 6.09 Å². The lowest BCUT2D eigenvalue weighted by Crippen LogP contribution is -2.39. The molecule has 1 heterocycles. The Hall–Kier alpha value is -0.750. The van der Waals surface area contributed by atoms with E-state index in [1.165, 1.54) is 0 Å². The summed E-state index contributed by atoms with van der Waals surface area (Å²) in [6, 6.07) is 0. The summed E-state index contributed by atoms with van der Waals surface area (Å²) in [6.07, 6.45) is 5.40. The van der Waals surface area contributed by atoms with Gasteiger partial charge in [0, 0.05) is 13.1 Å². The van der Waals surface area contributed by atoms with Gasteiger partial charge < -0.3 is 14.2 Å². The minimum atomic E-state index is -1.19. The molecule has 1 fully saturated rings. The van der Waals surface area contributed by atoms with Gasteiger partial charge in [-0.1, -0.05) is 4.40 Å². The predicted octanol–water partition coefficient (Wildman–Crippen LogP) is 3.95. The molecular formula is C17H32N2O3S. The second-order valence-electron chi connectivity index (χ2n) is 8.13. The summed E-state index contributed by atoms with van der Waals surface area (Å²) in [5, 5.41) is 0. The first-order valence-electron chi connectivity index (χ1n) is 8.43. The Morgan fingerprint density at radius 1 is 1.17 bits per heavy atom. The normalized spacial score (nSPS) is 20.2. The lowest BCUT2D eigenvalue weighted by Gasteiger charge is -2.29. The van der Waals surface area contributed by atoms with Crippen LogP contribution in [0.15, 0.2) is 4.40 Å². The number of nitrogens with zero attached hydrogens (tertiary/aromatic N) is 2. The van der Waals surface area contributed by atoms with Crippen molar-refractivity contribution < 1.29 is 14.1 Å². The number of carbonyl (C=O) groups excluding carboxylic acids is 1. The van der Waals surface area contributed by atoms with Gasteiger partial charge in [0.15, 0.2) is 0 Å². The van der Waals surface area contributed by atoms with Crippen molar-refractivity contribution in [3.8, 4) is 0 Å². The summed E-state index contributed by atoms with van der Waals surface area (Å²) >= 11 is -1.19. The maximum absolute atomic E-state index is 12.1. The summed E-state index contributed by atoms with van der Waals surface area (Å²) in [4.78, 5) is 13.9. The Labute approximate surface area is 144 Å². The predicted molar refractivity (Wildman–Crippen MR) is 96.2 cm³/mol. The van der Waals surface area contributed by atoms with Crippen LogP contribution >= 0.6 is 0 Å². The van der Waals surface area contributed by atoms with Gasteiger partial charge in [0.2, 0.25) is 0 Å². The van der Waals surface area contributed by atoms with Crippen molar-refractivity contribution >= 4 is 23.7 Å². The molecule has 6 heteroatoms. The molecular weight excluding hydrogens is 312 g/mol. The maximum atomic E-state index is 12.1. The van der Waals surface area contributed by atoms with Crippen LogP contribution < -0.4 is 0 Å². The van der Waals surface area contributed by atoms with E-state index < -0.39 is 17.0 Å². The molecule has 134 valence electrons. The Morgan fingerprint density at radius 2 is 1.70 bits per heavy atom. The molecule has 1 aliphatic rings. The van der Waals surface area contributed by atoms with Crippen molar-refractivity contribution in [2.45, 2.75) is 77.6 Å². The summed E-state index contributed by atoms with van der Waals surface area (Å²) < 4.78 is 21.3. The Morgan fingerprint density at radius 3 is 2.13 bits per heavy atom. The van der Waals surface area contributed by atoms with Crippen LogP contribution in [0, 0.1) is 5.92 Å². The number of rotatable bonds is 2. The van der Waals surface area contributed by atoms with Gasteiger partial charge in [-0.2, -0.15) is 0 Å². The van der Waals surface area contributed by atoms with E-state index in [4.69, 9.17) is 4.74 Å². The van der Waals surface area contributed by atoms with Crippen molar-refractivity contribution in [1.29, 1.82) is 0 Å². The summed E-state index contributed by atoms with van der Waals surface area (Å²) in [5.74, 6) is 0.349. The highest BCUT2D eigenvalue weighted by molar-refractivity contribution is 7.91. The molecule has 5 nitrogen and oxygen atoms in total. The molecule has 1 amide bonds. The molecule has 0 N–H and O–H groups in total. The van der Waals surface area contributed by atoms with Crippen LogP contribution in [-0.4, -0.2) is 45.2 Å². The van der Waals surface area contributed by atoms with Crippen LogP contribution in [0.2, 0.25) is 0 Å². The smallest absolute Gasteiger partial charge is 0.410 e. The topological polar surface area (TPSA) is 65.0 Å². The molecule has 1 aliphatic heterocycles. The fourth-order valence-electron chi connectivity index (χ4n) is 2.30. The first kappa shape index (κ1) is 20.3. The number of ether oxygens (including phenoxy) is 1. The van der Waals surface area contributed by atoms with Crippen molar-refractivity contribution in [3.63, 3.8) is 0 Å². The molecule has 0 aromatic rings. The highest BCUT2D eigenvalue weighted by Gasteiger charge is 2.27. The number of amides is 1. The quantitative estimate of drug-likeness (QED) is 0.563. The third-order valence-corrected chi connectivity index (χ3v) is 4.91. The van der Waals surface area contributed by atoms with Gasteiger partial charge in [-0.05, 0) is 73.1 Å². The fourth-order valence-corrected chi connectivity index (χ4v) is 2.90. The zero-order valence-electron chi connectivity index (χ0n) is 15.4. The minimum absolute atomic E-state index is 0.224. The van der Waals surface area contributed by atoms with Crippen LogP contribution in [0.3, 0.4) is 0 Å². The molecule has 1 unspecified atom stereocenters. The lowest BCUT2D eigenvalue weighted by atomic mass is 9.97. The van der Waals surface area contributed by atoms with Crippen LogP contribution in [0.25, 0.3) is 0 Å².